The Morgan fingerprint density at radius 2 is 1.71 bits per heavy atom. The van der Waals surface area contributed by atoms with Crippen LogP contribution in [0, 0.1) is 18.8 Å². The lowest BCUT2D eigenvalue weighted by Crippen LogP contribution is -2.58. The van der Waals surface area contributed by atoms with E-state index in [1.165, 1.54) is 0 Å². The number of ether oxygens (including phenoxy) is 1. The summed E-state index contributed by atoms with van der Waals surface area (Å²) in [6.45, 7) is 14.3. The monoisotopic (exact) mass is 727 g/mol. The summed E-state index contributed by atoms with van der Waals surface area (Å²) < 4.78 is 4.12. The maximum absolute atomic E-state index is 15.3. The van der Waals surface area contributed by atoms with Gasteiger partial charge in [-0.3, -0.25) is 14.4 Å². The summed E-state index contributed by atoms with van der Waals surface area (Å²) in [6.07, 6.45) is 4.90. The molecule has 8 nitrogen and oxygen atoms in total. The van der Waals surface area contributed by atoms with Crippen LogP contribution in [0.2, 0.25) is 5.02 Å². The van der Waals surface area contributed by atoms with Gasteiger partial charge in [0.25, 0.3) is 5.91 Å². The highest BCUT2D eigenvalue weighted by Crippen LogP contribution is 2.72. The van der Waals surface area contributed by atoms with E-state index in [9.17, 15) is 9.90 Å². The van der Waals surface area contributed by atoms with Crippen molar-refractivity contribution in [1.29, 1.82) is 0 Å². The van der Waals surface area contributed by atoms with E-state index in [1.807, 2.05) is 80.6 Å². The molecule has 3 aromatic carbocycles. The number of hydrogen-bond acceptors (Lipinski definition) is 6. The number of rotatable bonds is 14. The molecule has 1 spiro atoms. The lowest BCUT2D eigenvalue weighted by atomic mass is 9.66. The molecular formula is C41H46ClN3O5S. The van der Waals surface area contributed by atoms with Crippen LogP contribution in [-0.4, -0.2) is 75.6 Å². The number of thioether (sulfide) groups is 1. The van der Waals surface area contributed by atoms with Crippen molar-refractivity contribution in [3.63, 3.8) is 0 Å². The van der Waals surface area contributed by atoms with Crippen molar-refractivity contribution in [2.75, 3.05) is 36.1 Å². The van der Waals surface area contributed by atoms with E-state index in [0.717, 1.165) is 11.1 Å². The van der Waals surface area contributed by atoms with Gasteiger partial charge in [0.2, 0.25) is 11.8 Å². The van der Waals surface area contributed by atoms with Gasteiger partial charge in [0.05, 0.1) is 46.5 Å². The highest BCUT2D eigenvalue weighted by Gasteiger charge is 2.78. The van der Waals surface area contributed by atoms with Gasteiger partial charge >= 0.3 is 0 Å². The first kappa shape index (κ1) is 36.7. The quantitative estimate of drug-likeness (QED) is 0.183. The molecule has 0 saturated carbocycles. The number of anilines is 2. The van der Waals surface area contributed by atoms with Crippen molar-refractivity contribution in [3.8, 4) is 5.75 Å². The molecule has 6 atom stereocenters. The molecular weight excluding hydrogens is 682 g/mol. The van der Waals surface area contributed by atoms with Crippen LogP contribution in [0.5, 0.6) is 5.75 Å². The number of aliphatic hydroxyl groups excluding tert-OH is 1. The lowest BCUT2D eigenvalue weighted by Gasteiger charge is -2.40. The fourth-order valence-corrected chi connectivity index (χ4v) is 11.2. The standard InChI is InChI=1S/C41H46ClN3O5S/c1-6-23-43(29-17-19-31(20-18-29)50-8-3)37(47)33-34-38(48)45(30(26-46)25-28-14-10-9-11-15-28)36(41(34)22-21-40(33,5)51-41)39(49)44(24-7-2)35-27(4)13-12-16-32(35)42/h6-7,9-20,30,33-34,36,46H,1-2,8,21-26H2,3-5H3/t30-,33-,34+,36?,40+,41?/m1/s1. The van der Waals surface area contributed by atoms with E-state index < -0.39 is 33.4 Å². The third kappa shape index (κ3) is 6.38. The van der Waals surface area contributed by atoms with Crippen LogP contribution < -0.4 is 14.5 Å². The molecule has 3 aromatic rings. The topological polar surface area (TPSA) is 90.4 Å². The number of hydrogen-bond donors (Lipinski definition) is 1. The zero-order valence-corrected chi connectivity index (χ0v) is 31.0. The van der Waals surface area contributed by atoms with Crippen LogP contribution in [0.1, 0.15) is 37.8 Å². The minimum Gasteiger partial charge on any atom is -0.494 e. The normalized spacial score (nSPS) is 25.3. The molecule has 3 heterocycles. The summed E-state index contributed by atoms with van der Waals surface area (Å²) in [7, 11) is 0. The molecule has 6 rings (SSSR count). The molecule has 51 heavy (non-hydrogen) atoms. The van der Waals surface area contributed by atoms with Crippen LogP contribution in [0.4, 0.5) is 11.4 Å². The van der Waals surface area contributed by atoms with E-state index in [-0.39, 0.29) is 37.4 Å². The Kier molecular flexibility index (Phi) is 10.7. The molecule has 0 aromatic heterocycles. The SMILES string of the molecule is C=CCN(C(=O)[C@H]1[C@H]2C(=O)N([C@@H](CO)Cc3ccccc3)C(C(=O)N(CC=C)c3c(C)cccc3Cl)C23CC[C@]1(C)S3)c1ccc(OCC)cc1. The summed E-state index contributed by atoms with van der Waals surface area (Å²) in [4.78, 5) is 50.4. The Balaban J connectivity index is 1.47. The molecule has 10 heteroatoms. The number of benzene rings is 3. The summed E-state index contributed by atoms with van der Waals surface area (Å²) in [6, 6.07) is 20.8. The van der Waals surface area contributed by atoms with Gasteiger partial charge in [0.1, 0.15) is 11.8 Å². The van der Waals surface area contributed by atoms with Gasteiger partial charge in [-0.2, -0.15) is 0 Å². The molecule has 3 aliphatic heterocycles. The fraction of sp³-hybridized carbons (Fsp3) is 0.390. The van der Waals surface area contributed by atoms with Crippen LogP contribution in [0.25, 0.3) is 0 Å². The number of likely N-dealkylation sites (tertiary alicyclic amines) is 1. The number of carbonyl (C=O) groups is 3. The molecule has 3 fully saturated rings. The first-order valence-electron chi connectivity index (χ1n) is 17.5. The number of para-hydroxylation sites is 1. The minimum atomic E-state index is -0.963. The second-order valence-corrected chi connectivity index (χ2v) is 16.1. The Morgan fingerprint density at radius 1 is 1.02 bits per heavy atom. The van der Waals surface area contributed by atoms with Crippen molar-refractivity contribution in [2.45, 2.75) is 61.6 Å². The van der Waals surface area contributed by atoms with E-state index in [4.69, 9.17) is 16.3 Å². The average molecular weight is 728 g/mol. The zero-order chi connectivity index (χ0) is 36.5. The van der Waals surface area contributed by atoms with E-state index in [1.54, 1.807) is 44.7 Å². The predicted molar refractivity (Wildman–Crippen MR) is 205 cm³/mol. The van der Waals surface area contributed by atoms with E-state index in [0.29, 0.717) is 48.0 Å². The number of carbonyl (C=O) groups excluding carboxylic acids is 3. The van der Waals surface area contributed by atoms with E-state index >= 15 is 9.59 Å². The molecule has 0 radical (unpaired) electrons. The van der Waals surface area contributed by atoms with E-state index in [2.05, 4.69) is 20.1 Å². The lowest BCUT2D eigenvalue weighted by molar-refractivity contribution is -0.142. The van der Waals surface area contributed by atoms with Gasteiger partial charge in [-0.15, -0.1) is 24.9 Å². The van der Waals surface area contributed by atoms with Crippen molar-refractivity contribution in [2.24, 2.45) is 11.8 Å². The molecule has 3 saturated heterocycles. The van der Waals surface area contributed by atoms with Crippen molar-refractivity contribution in [1.82, 2.24) is 4.90 Å². The highest BCUT2D eigenvalue weighted by molar-refractivity contribution is 8.02. The smallest absolute Gasteiger partial charge is 0.251 e. The number of fused-ring (bicyclic) bond motifs is 1. The molecule has 268 valence electrons. The first-order chi connectivity index (χ1) is 24.5. The third-order valence-electron chi connectivity index (χ3n) is 10.7. The molecule has 3 amide bonds. The van der Waals surface area contributed by atoms with Crippen LogP contribution in [0.3, 0.4) is 0 Å². The zero-order valence-electron chi connectivity index (χ0n) is 29.5. The maximum Gasteiger partial charge on any atom is 0.251 e. The molecule has 3 aliphatic rings. The summed E-state index contributed by atoms with van der Waals surface area (Å²) in [5, 5.41) is 11.4. The Morgan fingerprint density at radius 3 is 2.33 bits per heavy atom. The molecule has 0 aliphatic carbocycles. The number of aliphatic hydroxyl groups is 1. The minimum absolute atomic E-state index is 0.167. The van der Waals surface area contributed by atoms with Crippen molar-refractivity contribution in [3.05, 3.63) is 114 Å². The average Bonchev–Trinajstić information content (AvgIpc) is 3.70. The second kappa shape index (κ2) is 14.9. The fourth-order valence-electron chi connectivity index (χ4n) is 8.59. The van der Waals surface area contributed by atoms with Gasteiger partial charge in [0, 0.05) is 23.5 Å². The van der Waals surface area contributed by atoms with Crippen molar-refractivity contribution >= 4 is 52.5 Å². The van der Waals surface area contributed by atoms with Gasteiger partial charge in [0.15, 0.2) is 0 Å². The predicted octanol–water partition coefficient (Wildman–Crippen LogP) is 6.87. The Labute approximate surface area is 310 Å². The van der Waals surface area contributed by atoms with Gasteiger partial charge in [-0.05, 0) is 81.5 Å². The number of amides is 3. The summed E-state index contributed by atoms with van der Waals surface area (Å²) in [5.74, 6) is -1.58. The maximum atomic E-state index is 15.3. The Bertz CT molecular complexity index is 1780. The first-order valence-corrected chi connectivity index (χ1v) is 18.7. The van der Waals surface area contributed by atoms with Gasteiger partial charge in [-0.25, -0.2) is 0 Å². The highest BCUT2D eigenvalue weighted by atomic mass is 35.5. The van der Waals surface area contributed by atoms with Gasteiger partial charge in [-0.1, -0.05) is 66.2 Å². The number of nitrogens with zero attached hydrogens (tertiary/aromatic N) is 3. The number of aryl methyl sites for hydroxylation is 1. The summed E-state index contributed by atoms with van der Waals surface area (Å²) >= 11 is 8.38. The van der Waals surface area contributed by atoms with Crippen molar-refractivity contribution < 1.29 is 24.2 Å². The largest absolute Gasteiger partial charge is 0.494 e. The van der Waals surface area contributed by atoms with Crippen LogP contribution in [0.15, 0.2) is 98.1 Å². The summed E-state index contributed by atoms with van der Waals surface area (Å²) in [5.41, 5.74) is 2.97. The second-order valence-electron chi connectivity index (χ2n) is 13.8. The van der Waals surface area contributed by atoms with Crippen LogP contribution in [-0.2, 0) is 20.8 Å². The van der Waals surface area contributed by atoms with Gasteiger partial charge < -0.3 is 24.5 Å². The molecule has 2 unspecified atom stereocenters. The number of halogens is 1. The molecule has 1 N–H and O–H groups in total. The third-order valence-corrected chi connectivity index (χ3v) is 13.0. The molecule has 2 bridgehead atoms. The Hall–Kier alpha value is -4.05. The van der Waals surface area contributed by atoms with Crippen LogP contribution >= 0.6 is 23.4 Å².